The minimum atomic E-state index is -0.535. The second-order valence-corrected chi connectivity index (χ2v) is 4.95. The van der Waals surface area contributed by atoms with Crippen LogP contribution in [0.25, 0.3) is 11.3 Å². The molecule has 0 radical (unpaired) electrons. The molecule has 22 heavy (non-hydrogen) atoms. The molecule has 7 heteroatoms. The summed E-state index contributed by atoms with van der Waals surface area (Å²) >= 11 is 6.21. The van der Waals surface area contributed by atoms with E-state index in [-0.39, 0.29) is 17.9 Å². The first kappa shape index (κ1) is 16.1. The first-order chi connectivity index (χ1) is 10.5. The lowest BCUT2D eigenvalue weighted by atomic mass is 9.95. The van der Waals surface area contributed by atoms with Gasteiger partial charge in [0.1, 0.15) is 0 Å². The summed E-state index contributed by atoms with van der Waals surface area (Å²) in [7, 11) is 2.80. The number of hydrogen-bond acceptors (Lipinski definition) is 6. The van der Waals surface area contributed by atoms with Gasteiger partial charge in [-0.3, -0.25) is 4.98 Å². The maximum absolute atomic E-state index is 12.0. The van der Waals surface area contributed by atoms with E-state index in [0.29, 0.717) is 27.5 Å². The summed E-state index contributed by atoms with van der Waals surface area (Å²) in [4.78, 5) is 16.3. The largest absolute Gasteiger partial charge is 0.465 e. The summed E-state index contributed by atoms with van der Waals surface area (Å²) in [5.74, 6) is -0.535. The Bertz CT molecular complexity index is 719. The lowest BCUT2D eigenvalue weighted by Crippen LogP contribution is -2.12. The Labute approximate surface area is 133 Å². The molecule has 1 heterocycles. The summed E-state index contributed by atoms with van der Waals surface area (Å²) in [6.07, 6.45) is 1.58. The average Bonchev–Trinajstić information content (AvgIpc) is 2.51. The zero-order valence-electron chi connectivity index (χ0n) is 12.2. The fraction of sp³-hybridized carbons (Fsp3) is 0.200. The number of nitrogens with two attached hydrogens (primary N) is 2. The predicted molar refractivity (Wildman–Crippen MR) is 85.6 cm³/mol. The van der Waals surface area contributed by atoms with Gasteiger partial charge in [-0.2, -0.15) is 0 Å². The van der Waals surface area contributed by atoms with Crippen molar-refractivity contribution in [2.75, 3.05) is 25.7 Å². The second-order valence-electron chi connectivity index (χ2n) is 4.54. The first-order valence-electron chi connectivity index (χ1n) is 6.40. The molecule has 4 N–H and O–H groups in total. The van der Waals surface area contributed by atoms with Gasteiger partial charge in [0, 0.05) is 24.4 Å². The van der Waals surface area contributed by atoms with E-state index in [1.165, 1.54) is 20.3 Å². The molecular weight excluding hydrogens is 306 g/mol. The van der Waals surface area contributed by atoms with E-state index < -0.39 is 5.97 Å². The van der Waals surface area contributed by atoms with Gasteiger partial charge in [0.25, 0.3) is 0 Å². The molecule has 2 rings (SSSR count). The predicted octanol–water partition coefficient (Wildman–Crippen LogP) is 2.50. The van der Waals surface area contributed by atoms with Gasteiger partial charge in [0.2, 0.25) is 0 Å². The van der Waals surface area contributed by atoms with E-state index in [4.69, 9.17) is 32.5 Å². The number of halogens is 1. The lowest BCUT2D eigenvalue weighted by molar-refractivity contribution is 0.0596. The Kier molecular flexibility index (Phi) is 4.85. The number of esters is 1. The van der Waals surface area contributed by atoms with Crippen molar-refractivity contribution in [3.05, 3.63) is 40.5 Å². The smallest absolute Gasteiger partial charge is 0.338 e. The van der Waals surface area contributed by atoms with Crippen molar-refractivity contribution in [2.45, 2.75) is 6.61 Å². The number of benzene rings is 1. The van der Waals surface area contributed by atoms with Crippen LogP contribution in [-0.2, 0) is 16.1 Å². The molecule has 0 aliphatic rings. The number of pyridine rings is 1. The van der Waals surface area contributed by atoms with Crippen LogP contribution in [0.1, 0.15) is 15.9 Å². The molecule has 0 amide bonds. The van der Waals surface area contributed by atoms with Crippen LogP contribution in [0.5, 0.6) is 0 Å². The summed E-state index contributed by atoms with van der Waals surface area (Å²) in [5.41, 5.74) is 14.3. The fourth-order valence-corrected chi connectivity index (χ4v) is 2.40. The monoisotopic (exact) mass is 321 g/mol. The summed E-state index contributed by atoms with van der Waals surface area (Å²) < 4.78 is 9.98. The Hall–Kier alpha value is -2.31. The van der Waals surface area contributed by atoms with Crippen molar-refractivity contribution in [1.29, 1.82) is 0 Å². The highest BCUT2D eigenvalue weighted by atomic mass is 35.5. The third-order valence-electron chi connectivity index (χ3n) is 3.20. The minimum absolute atomic E-state index is 0.136. The minimum Gasteiger partial charge on any atom is -0.465 e. The van der Waals surface area contributed by atoms with E-state index in [9.17, 15) is 4.79 Å². The number of hydrogen-bond donors (Lipinski definition) is 2. The van der Waals surface area contributed by atoms with Crippen molar-refractivity contribution >= 4 is 28.9 Å². The second kappa shape index (κ2) is 6.64. The highest BCUT2D eigenvalue weighted by Gasteiger charge is 2.23. The van der Waals surface area contributed by atoms with Gasteiger partial charge in [0.05, 0.1) is 41.4 Å². The van der Waals surface area contributed by atoms with Crippen LogP contribution < -0.4 is 11.5 Å². The highest BCUT2D eigenvalue weighted by Crippen LogP contribution is 2.38. The van der Waals surface area contributed by atoms with Crippen molar-refractivity contribution < 1.29 is 14.3 Å². The topological polar surface area (TPSA) is 100 Å². The fourth-order valence-electron chi connectivity index (χ4n) is 2.19. The number of nitrogen functional groups attached to an aromatic ring is 2. The molecule has 2 aromatic rings. The molecule has 6 nitrogen and oxygen atoms in total. The number of aromatic nitrogens is 1. The van der Waals surface area contributed by atoms with Crippen LogP contribution in [-0.4, -0.2) is 25.2 Å². The molecular formula is C15H16ClN3O3. The number of ether oxygens (including phenoxy) is 2. The Morgan fingerprint density at radius 1 is 1.36 bits per heavy atom. The standard InChI is InChI=1S/C15H16ClN3O3/c1-21-7-9-8(15(20)22-2)6-11(17)13(18)12(9)14-10(16)4-3-5-19-14/h3-6H,7,17-18H2,1-2H3. The normalized spacial score (nSPS) is 10.5. The summed E-state index contributed by atoms with van der Waals surface area (Å²) in [5, 5.41) is 0.396. The summed E-state index contributed by atoms with van der Waals surface area (Å²) in [6.45, 7) is 0.136. The molecule has 1 aromatic heterocycles. The SMILES string of the molecule is COCc1c(C(=O)OC)cc(N)c(N)c1-c1ncccc1Cl. The molecule has 0 aliphatic heterocycles. The molecule has 116 valence electrons. The Morgan fingerprint density at radius 2 is 2.09 bits per heavy atom. The van der Waals surface area contributed by atoms with Crippen LogP contribution in [0.2, 0.25) is 5.02 Å². The quantitative estimate of drug-likeness (QED) is 0.663. The van der Waals surface area contributed by atoms with E-state index >= 15 is 0 Å². The van der Waals surface area contributed by atoms with Gasteiger partial charge in [-0.25, -0.2) is 4.79 Å². The molecule has 0 bridgehead atoms. The summed E-state index contributed by atoms with van der Waals surface area (Å²) in [6, 6.07) is 4.85. The van der Waals surface area contributed by atoms with Crippen LogP contribution in [0, 0.1) is 0 Å². The van der Waals surface area contributed by atoms with E-state index in [2.05, 4.69) is 4.98 Å². The van der Waals surface area contributed by atoms with Crippen molar-refractivity contribution in [3.63, 3.8) is 0 Å². The molecule has 0 unspecified atom stereocenters. The van der Waals surface area contributed by atoms with Crippen molar-refractivity contribution in [2.24, 2.45) is 0 Å². The first-order valence-corrected chi connectivity index (χ1v) is 6.78. The van der Waals surface area contributed by atoms with Gasteiger partial charge >= 0.3 is 5.97 Å². The molecule has 0 spiro atoms. The van der Waals surface area contributed by atoms with Crippen LogP contribution in [0.4, 0.5) is 11.4 Å². The number of anilines is 2. The molecule has 1 aromatic carbocycles. The number of methoxy groups -OCH3 is 2. The van der Waals surface area contributed by atoms with Gasteiger partial charge in [-0.15, -0.1) is 0 Å². The van der Waals surface area contributed by atoms with Crippen molar-refractivity contribution in [1.82, 2.24) is 4.98 Å². The third kappa shape index (κ3) is 2.84. The molecule has 0 saturated carbocycles. The molecule has 0 fully saturated rings. The Morgan fingerprint density at radius 3 is 2.68 bits per heavy atom. The van der Waals surface area contributed by atoms with Gasteiger partial charge in [-0.1, -0.05) is 11.6 Å². The Balaban J connectivity index is 2.83. The molecule has 0 saturated heterocycles. The van der Waals surface area contributed by atoms with Crippen LogP contribution >= 0.6 is 11.6 Å². The van der Waals surface area contributed by atoms with Crippen molar-refractivity contribution in [3.8, 4) is 11.3 Å². The average molecular weight is 322 g/mol. The zero-order valence-corrected chi connectivity index (χ0v) is 13.0. The number of carbonyl (C=O) groups excluding carboxylic acids is 1. The maximum atomic E-state index is 12.0. The number of carbonyl (C=O) groups is 1. The molecule has 0 aliphatic carbocycles. The highest BCUT2D eigenvalue weighted by molar-refractivity contribution is 6.33. The van der Waals surface area contributed by atoms with Gasteiger partial charge in [0.15, 0.2) is 0 Å². The van der Waals surface area contributed by atoms with E-state index in [1.807, 2.05) is 0 Å². The number of nitrogens with zero attached hydrogens (tertiary/aromatic N) is 1. The maximum Gasteiger partial charge on any atom is 0.338 e. The van der Waals surface area contributed by atoms with Gasteiger partial charge < -0.3 is 20.9 Å². The third-order valence-corrected chi connectivity index (χ3v) is 3.50. The van der Waals surface area contributed by atoms with E-state index in [0.717, 1.165) is 0 Å². The zero-order chi connectivity index (χ0) is 16.3. The number of rotatable bonds is 4. The molecule has 0 atom stereocenters. The van der Waals surface area contributed by atoms with Crippen LogP contribution in [0.3, 0.4) is 0 Å². The van der Waals surface area contributed by atoms with Crippen LogP contribution in [0.15, 0.2) is 24.4 Å². The lowest BCUT2D eigenvalue weighted by Gasteiger charge is -2.17. The van der Waals surface area contributed by atoms with E-state index in [1.54, 1.807) is 18.3 Å². The van der Waals surface area contributed by atoms with Gasteiger partial charge in [-0.05, 0) is 18.2 Å².